The van der Waals surface area contributed by atoms with Crippen LogP contribution < -0.4 is 9.47 Å². The molecule has 0 radical (unpaired) electrons. The van der Waals surface area contributed by atoms with Gasteiger partial charge in [-0.1, -0.05) is 45.8 Å². The molecule has 1 aliphatic rings. The fraction of sp³-hybridized carbons (Fsp3) is 0.0435. The fourth-order valence-electron chi connectivity index (χ4n) is 2.89. The minimum atomic E-state index is -0.479. The van der Waals surface area contributed by atoms with Crippen LogP contribution in [0.3, 0.4) is 0 Å². The Morgan fingerprint density at radius 2 is 1.82 bits per heavy atom. The van der Waals surface area contributed by atoms with Crippen molar-refractivity contribution in [3.8, 4) is 11.5 Å². The number of ether oxygens (including phenoxy) is 2. The number of hydrogen-bond acceptors (Lipinski definition) is 4. The van der Waals surface area contributed by atoms with E-state index in [1.165, 1.54) is 0 Å². The van der Waals surface area contributed by atoms with Gasteiger partial charge in [0.05, 0.1) is 11.1 Å². The van der Waals surface area contributed by atoms with Crippen LogP contribution in [0.2, 0.25) is 0 Å². The van der Waals surface area contributed by atoms with Crippen LogP contribution in [0.1, 0.15) is 31.8 Å². The van der Waals surface area contributed by atoms with E-state index in [0.29, 0.717) is 22.6 Å². The third kappa shape index (κ3) is 3.75. The molecule has 0 spiro atoms. The third-order valence-corrected chi connectivity index (χ3v) is 4.80. The summed E-state index contributed by atoms with van der Waals surface area (Å²) in [5.41, 5.74) is 2.86. The van der Waals surface area contributed by atoms with Crippen molar-refractivity contribution in [2.75, 3.05) is 0 Å². The molecule has 0 aromatic heterocycles. The quantitative estimate of drug-likeness (QED) is 0.306. The Balaban J connectivity index is 1.55. The van der Waals surface area contributed by atoms with Gasteiger partial charge in [0.1, 0.15) is 11.5 Å². The number of allylic oxidation sites excluding steroid dienone is 1. The smallest absolute Gasteiger partial charge is 0.343 e. The van der Waals surface area contributed by atoms with Crippen LogP contribution in [0.25, 0.3) is 6.08 Å². The summed E-state index contributed by atoms with van der Waals surface area (Å²) < 4.78 is 12.0. The fourth-order valence-corrected chi connectivity index (χ4v) is 3.16. The van der Waals surface area contributed by atoms with Gasteiger partial charge < -0.3 is 9.47 Å². The first kappa shape index (κ1) is 18.2. The lowest BCUT2D eigenvalue weighted by Crippen LogP contribution is -2.08. The van der Waals surface area contributed by atoms with Crippen molar-refractivity contribution in [3.05, 3.63) is 99.2 Å². The van der Waals surface area contributed by atoms with Gasteiger partial charge in [-0.25, -0.2) is 4.79 Å². The first-order valence-electron chi connectivity index (χ1n) is 8.62. The van der Waals surface area contributed by atoms with Gasteiger partial charge in [-0.05, 0) is 55.0 Å². The van der Waals surface area contributed by atoms with Crippen LogP contribution in [0.4, 0.5) is 0 Å². The minimum absolute atomic E-state index is 0.192. The van der Waals surface area contributed by atoms with Crippen molar-refractivity contribution in [1.82, 2.24) is 0 Å². The predicted octanol–water partition coefficient (Wildman–Crippen LogP) is 5.59. The Labute approximate surface area is 170 Å². The first-order valence-corrected chi connectivity index (χ1v) is 9.41. The van der Waals surface area contributed by atoms with E-state index in [-0.39, 0.29) is 11.5 Å². The number of carbonyl (C=O) groups is 2. The van der Waals surface area contributed by atoms with E-state index in [2.05, 4.69) is 15.9 Å². The monoisotopic (exact) mass is 434 g/mol. The van der Waals surface area contributed by atoms with E-state index in [1.807, 2.05) is 31.2 Å². The Kier molecular flexibility index (Phi) is 4.84. The second-order valence-corrected chi connectivity index (χ2v) is 7.32. The number of benzene rings is 3. The Hall–Kier alpha value is -3.18. The van der Waals surface area contributed by atoms with Crippen LogP contribution in [-0.4, -0.2) is 11.8 Å². The van der Waals surface area contributed by atoms with Crippen LogP contribution >= 0.6 is 15.9 Å². The van der Waals surface area contributed by atoms with Crippen LogP contribution in [0.15, 0.2) is 77.0 Å². The van der Waals surface area contributed by atoms with Gasteiger partial charge in [-0.3, -0.25) is 4.79 Å². The highest BCUT2D eigenvalue weighted by molar-refractivity contribution is 9.10. The van der Waals surface area contributed by atoms with Crippen molar-refractivity contribution < 1.29 is 19.1 Å². The third-order valence-electron chi connectivity index (χ3n) is 4.27. The Morgan fingerprint density at radius 1 is 1.04 bits per heavy atom. The molecule has 4 nitrogen and oxygen atoms in total. The summed E-state index contributed by atoms with van der Waals surface area (Å²) in [6.45, 7) is 1.99. The molecule has 28 heavy (non-hydrogen) atoms. The largest absolute Gasteiger partial charge is 0.452 e. The first-order chi connectivity index (χ1) is 13.5. The molecule has 0 atom stereocenters. The van der Waals surface area contributed by atoms with E-state index in [4.69, 9.17) is 9.47 Å². The lowest BCUT2D eigenvalue weighted by Gasteiger charge is -2.06. The molecule has 3 aromatic rings. The summed E-state index contributed by atoms with van der Waals surface area (Å²) in [6, 6.07) is 19.4. The molecular formula is C23H15BrO4. The molecule has 1 heterocycles. The summed E-state index contributed by atoms with van der Waals surface area (Å²) in [5.74, 6) is 0.271. The molecule has 3 aromatic carbocycles. The molecule has 0 saturated heterocycles. The van der Waals surface area contributed by atoms with Gasteiger partial charge in [0, 0.05) is 10.5 Å². The Morgan fingerprint density at radius 3 is 2.57 bits per heavy atom. The highest BCUT2D eigenvalue weighted by atomic mass is 79.9. The van der Waals surface area contributed by atoms with Crippen molar-refractivity contribution in [2.45, 2.75) is 6.92 Å². The van der Waals surface area contributed by atoms with Gasteiger partial charge in [-0.15, -0.1) is 0 Å². The predicted molar refractivity (Wildman–Crippen MR) is 110 cm³/mol. The van der Waals surface area contributed by atoms with Gasteiger partial charge in [0.2, 0.25) is 5.78 Å². The number of esters is 1. The average Bonchev–Trinajstić information content (AvgIpc) is 2.97. The zero-order valence-electron chi connectivity index (χ0n) is 14.9. The summed E-state index contributed by atoms with van der Waals surface area (Å²) in [6.07, 6.45) is 1.71. The van der Waals surface area contributed by atoms with Crippen LogP contribution in [0.5, 0.6) is 11.5 Å². The van der Waals surface area contributed by atoms with Gasteiger partial charge >= 0.3 is 5.97 Å². The Bertz CT molecular complexity index is 1110. The normalized spacial score (nSPS) is 13.9. The molecule has 0 saturated carbocycles. The molecule has 4 rings (SSSR count). The number of aryl methyl sites for hydroxylation is 1. The lowest BCUT2D eigenvalue weighted by molar-refractivity contribution is 0.0734. The number of hydrogen-bond donors (Lipinski definition) is 0. The van der Waals surface area contributed by atoms with E-state index in [0.717, 1.165) is 15.6 Å². The average molecular weight is 435 g/mol. The van der Waals surface area contributed by atoms with E-state index < -0.39 is 5.97 Å². The zero-order chi connectivity index (χ0) is 19.7. The molecule has 0 aliphatic carbocycles. The second-order valence-electron chi connectivity index (χ2n) is 6.41. The van der Waals surface area contributed by atoms with Crippen LogP contribution in [-0.2, 0) is 0 Å². The van der Waals surface area contributed by atoms with E-state index in [9.17, 15) is 9.59 Å². The van der Waals surface area contributed by atoms with E-state index >= 15 is 0 Å². The number of fused-ring (bicyclic) bond motifs is 1. The molecule has 0 unspecified atom stereocenters. The lowest BCUT2D eigenvalue weighted by atomic mass is 10.1. The number of ketones is 1. The van der Waals surface area contributed by atoms with Crippen molar-refractivity contribution in [1.29, 1.82) is 0 Å². The van der Waals surface area contributed by atoms with Crippen molar-refractivity contribution >= 4 is 33.8 Å². The molecule has 0 N–H and O–H groups in total. The second kappa shape index (κ2) is 7.44. The standard InChI is InChI=1S/C23H15BrO4/c1-14-3-2-4-15(11-14)12-21-22(25)19-10-9-18(13-20(19)28-21)27-23(26)16-5-7-17(24)8-6-16/h2-13H,1H3. The van der Waals surface area contributed by atoms with E-state index in [1.54, 1.807) is 48.5 Å². The summed E-state index contributed by atoms with van der Waals surface area (Å²) in [5, 5.41) is 0. The maximum atomic E-state index is 12.6. The zero-order valence-corrected chi connectivity index (χ0v) is 16.5. The molecule has 5 heteroatoms. The topological polar surface area (TPSA) is 52.6 Å². The number of Topliss-reactive ketones (excluding diaryl/α,β-unsaturated/α-hetero) is 1. The highest BCUT2D eigenvalue weighted by Crippen LogP contribution is 2.35. The van der Waals surface area contributed by atoms with Crippen molar-refractivity contribution in [3.63, 3.8) is 0 Å². The number of rotatable bonds is 3. The summed E-state index contributed by atoms with van der Waals surface area (Å²) in [4.78, 5) is 24.8. The minimum Gasteiger partial charge on any atom is -0.452 e. The summed E-state index contributed by atoms with van der Waals surface area (Å²) in [7, 11) is 0. The molecule has 1 aliphatic heterocycles. The number of halogens is 1. The molecule has 0 amide bonds. The maximum Gasteiger partial charge on any atom is 0.343 e. The van der Waals surface area contributed by atoms with Crippen LogP contribution in [0, 0.1) is 6.92 Å². The van der Waals surface area contributed by atoms with Gasteiger partial charge in [-0.2, -0.15) is 0 Å². The SMILES string of the molecule is Cc1cccc(C=C2Oc3cc(OC(=O)c4ccc(Br)cc4)ccc3C2=O)c1. The number of carbonyl (C=O) groups excluding carboxylic acids is 2. The van der Waals surface area contributed by atoms with Crippen molar-refractivity contribution in [2.24, 2.45) is 0 Å². The molecule has 0 fully saturated rings. The maximum absolute atomic E-state index is 12.6. The highest BCUT2D eigenvalue weighted by Gasteiger charge is 2.28. The molecule has 0 bridgehead atoms. The van der Waals surface area contributed by atoms with Gasteiger partial charge in [0.25, 0.3) is 0 Å². The molecular weight excluding hydrogens is 420 g/mol. The molecule has 138 valence electrons. The summed E-state index contributed by atoms with van der Waals surface area (Å²) >= 11 is 3.33. The van der Waals surface area contributed by atoms with Gasteiger partial charge in [0.15, 0.2) is 5.76 Å².